The van der Waals surface area contributed by atoms with Crippen molar-refractivity contribution in [3.8, 4) is 0 Å². The second-order valence-corrected chi connectivity index (χ2v) is 6.17. The molecule has 0 aromatic heterocycles. The van der Waals surface area contributed by atoms with Crippen molar-refractivity contribution < 1.29 is 4.74 Å². The van der Waals surface area contributed by atoms with E-state index >= 15 is 0 Å². The van der Waals surface area contributed by atoms with Crippen LogP contribution in [0.1, 0.15) is 46.5 Å². The van der Waals surface area contributed by atoms with E-state index in [1.807, 2.05) is 0 Å². The highest BCUT2D eigenvalue weighted by molar-refractivity contribution is 4.98. The Morgan fingerprint density at radius 3 is 2.71 bits per heavy atom. The zero-order valence-electron chi connectivity index (χ0n) is 11.6. The molecule has 0 amide bonds. The normalized spacial score (nSPS) is 34.4. The van der Waals surface area contributed by atoms with E-state index in [1.54, 1.807) is 0 Å². The number of morpholine rings is 1. The number of nitrogens with zero attached hydrogens (tertiary/aromatic N) is 1. The van der Waals surface area contributed by atoms with Gasteiger partial charge in [-0.15, -0.1) is 0 Å². The van der Waals surface area contributed by atoms with Gasteiger partial charge in [-0.2, -0.15) is 0 Å². The maximum atomic E-state index is 6.08. The van der Waals surface area contributed by atoms with Gasteiger partial charge in [0.15, 0.2) is 0 Å². The van der Waals surface area contributed by atoms with Gasteiger partial charge in [0, 0.05) is 24.7 Å². The molecule has 3 heteroatoms. The minimum Gasteiger partial charge on any atom is -0.375 e. The lowest BCUT2D eigenvalue weighted by Gasteiger charge is -2.53. The van der Waals surface area contributed by atoms with Crippen molar-refractivity contribution in [3.05, 3.63) is 0 Å². The second kappa shape index (κ2) is 5.25. The van der Waals surface area contributed by atoms with E-state index in [0.29, 0.717) is 18.1 Å². The quantitative estimate of drug-likeness (QED) is 0.820. The second-order valence-electron chi connectivity index (χ2n) is 6.17. The molecule has 3 atom stereocenters. The Balaban J connectivity index is 2.17. The number of hydrogen-bond acceptors (Lipinski definition) is 3. The number of fused-ring (bicyclic) bond motifs is 1. The molecule has 1 saturated heterocycles. The Morgan fingerprint density at radius 2 is 2.06 bits per heavy atom. The highest BCUT2D eigenvalue weighted by atomic mass is 16.5. The van der Waals surface area contributed by atoms with Gasteiger partial charge in [0.05, 0.1) is 12.7 Å². The average molecular weight is 240 g/mol. The van der Waals surface area contributed by atoms with E-state index in [1.165, 1.54) is 25.7 Å². The predicted octanol–water partition coefficient (Wildman–Crippen LogP) is 2.00. The molecule has 2 rings (SSSR count). The molecule has 1 heterocycles. The first-order valence-corrected chi connectivity index (χ1v) is 7.18. The van der Waals surface area contributed by atoms with Crippen LogP contribution in [0.25, 0.3) is 0 Å². The van der Waals surface area contributed by atoms with Crippen LogP contribution in [0.15, 0.2) is 0 Å². The third kappa shape index (κ3) is 2.38. The van der Waals surface area contributed by atoms with Gasteiger partial charge in [0.1, 0.15) is 0 Å². The summed E-state index contributed by atoms with van der Waals surface area (Å²) < 4.78 is 5.95. The molecule has 1 aliphatic heterocycles. The van der Waals surface area contributed by atoms with E-state index in [9.17, 15) is 0 Å². The lowest BCUT2D eigenvalue weighted by atomic mass is 9.81. The van der Waals surface area contributed by atoms with Crippen LogP contribution in [0.5, 0.6) is 0 Å². The third-order valence-corrected chi connectivity index (χ3v) is 5.05. The molecule has 100 valence electrons. The van der Waals surface area contributed by atoms with E-state index in [4.69, 9.17) is 10.5 Å². The molecule has 1 aliphatic carbocycles. The van der Waals surface area contributed by atoms with Crippen molar-refractivity contribution in [2.45, 2.75) is 64.1 Å². The summed E-state index contributed by atoms with van der Waals surface area (Å²) in [5.41, 5.74) is 6.21. The van der Waals surface area contributed by atoms with Gasteiger partial charge in [-0.3, -0.25) is 4.90 Å². The summed E-state index contributed by atoms with van der Waals surface area (Å²) in [6, 6.07) is 0.605. The summed E-state index contributed by atoms with van der Waals surface area (Å²) in [7, 11) is 0. The Labute approximate surface area is 106 Å². The molecular weight excluding hydrogens is 212 g/mol. The Morgan fingerprint density at radius 1 is 1.35 bits per heavy atom. The fourth-order valence-electron chi connectivity index (χ4n) is 3.42. The van der Waals surface area contributed by atoms with Gasteiger partial charge < -0.3 is 10.5 Å². The van der Waals surface area contributed by atoms with Gasteiger partial charge in [0.25, 0.3) is 0 Å². The predicted molar refractivity (Wildman–Crippen MR) is 71.0 cm³/mol. The number of nitrogens with two attached hydrogens (primary N) is 1. The standard InChI is InChI=1S/C14H28N2O/c1-11(2)14(3,10-15)16-8-9-17-13-7-5-4-6-12(13)16/h11-13H,4-10,15H2,1-3H3. The number of ether oxygens (including phenoxy) is 1. The van der Waals surface area contributed by atoms with Crippen LogP contribution in [-0.4, -0.2) is 42.3 Å². The molecule has 2 aliphatic rings. The van der Waals surface area contributed by atoms with E-state index in [2.05, 4.69) is 25.7 Å². The summed E-state index contributed by atoms with van der Waals surface area (Å²) in [6.45, 7) is 9.58. The topological polar surface area (TPSA) is 38.5 Å². The molecule has 3 unspecified atom stereocenters. The molecule has 1 saturated carbocycles. The highest BCUT2D eigenvalue weighted by Crippen LogP contribution is 2.35. The van der Waals surface area contributed by atoms with Gasteiger partial charge in [-0.05, 0) is 25.7 Å². The molecule has 17 heavy (non-hydrogen) atoms. The first-order valence-electron chi connectivity index (χ1n) is 7.18. The lowest BCUT2D eigenvalue weighted by Crippen LogP contribution is -2.65. The first-order chi connectivity index (χ1) is 8.09. The van der Waals surface area contributed by atoms with Gasteiger partial charge in [0.2, 0.25) is 0 Å². The minimum absolute atomic E-state index is 0.129. The van der Waals surface area contributed by atoms with Crippen LogP contribution in [0.4, 0.5) is 0 Å². The Bertz CT molecular complexity index is 255. The van der Waals surface area contributed by atoms with Gasteiger partial charge in [-0.25, -0.2) is 0 Å². The molecule has 2 fully saturated rings. The minimum atomic E-state index is 0.129. The zero-order valence-corrected chi connectivity index (χ0v) is 11.6. The summed E-state index contributed by atoms with van der Waals surface area (Å²) in [6.07, 6.45) is 5.66. The summed E-state index contributed by atoms with van der Waals surface area (Å²) in [4.78, 5) is 2.66. The van der Waals surface area contributed by atoms with Crippen molar-refractivity contribution in [2.24, 2.45) is 11.7 Å². The molecule has 0 aromatic carbocycles. The molecule has 3 nitrogen and oxygen atoms in total. The molecule has 0 aromatic rings. The van der Waals surface area contributed by atoms with E-state index < -0.39 is 0 Å². The molecule has 0 radical (unpaired) electrons. The van der Waals surface area contributed by atoms with Crippen molar-refractivity contribution in [2.75, 3.05) is 19.7 Å². The van der Waals surface area contributed by atoms with Gasteiger partial charge in [-0.1, -0.05) is 26.7 Å². The molecule has 2 N–H and O–H groups in total. The summed E-state index contributed by atoms with van der Waals surface area (Å²) in [5.74, 6) is 0.591. The van der Waals surface area contributed by atoms with E-state index in [0.717, 1.165) is 19.7 Å². The maximum Gasteiger partial charge on any atom is 0.0731 e. The van der Waals surface area contributed by atoms with Crippen molar-refractivity contribution in [3.63, 3.8) is 0 Å². The van der Waals surface area contributed by atoms with Crippen molar-refractivity contribution >= 4 is 0 Å². The van der Waals surface area contributed by atoms with Crippen molar-refractivity contribution in [1.29, 1.82) is 0 Å². The fraction of sp³-hybridized carbons (Fsp3) is 1.00. The Kier molecular flexibility index (Phi) is 4.11. The van der Waals surface area contributed by atoms with Crippen LogP contribution in [0.3, 0.4) is 0 Å². The van der Waals surface area contributed by atoms with E-state index in [-0.39, 0.29) is 5.54 Å². The van der Waals surface area contributed by atoms with Crippen LogP contribution < -0.4 is 5.73 Å². The van der Waals surface area contributed by atoms with Crippen LogP contribution in [-0.2, 0) is 4.74 Å². The SMILES string of the molecule is CC(C)C(C)(CN)N1CCOC2CCCCC21. The summed E-state index contributed by atoms with van der Waals surface area (Å²) >= 11 is 0. The largest absolute Gasteiger partial charge is 0.375 e. The maximum absolute atomic E-state index is 6.08. The zero-order chi connectivity index (χ0) is 12.5. The smallest absolute Gasteiger partial charge is 0.0731 e. The Hall–Kier alpha value is -0.120. The number of rotatable bonds is 3. The van der Waals surface area contributed by atoms with Crippen LogP contribution in [0, 0.1) is 5.92 Å². The summed E-state index contributed by atoms with van der Waals surface area (Å²) in [5, 5.41) is 0. The molecule has 0 spiro atoms. The monoisotopic (exact) mass is 240 g/mol. The molecule has 0 bridgehead atoms. The first kappa shape index (κ1) is 13.3. The van der Waals surface area contributed by atoms with Gasteiger partial charge >= 0.3 is 0 Å². The van der Waals surface area contributed by atoms with Crippen LogP contribution in [0.2, 0.25) is 0 Å². The fourth-order valence-corrected chi connectivity index (χ4v) is 3.42. The molecular formula is C14H28N2O. The average Bonchev–Trinajstić information content (AvgIpc) is 2.37. The van der Waals surface area contributed by atoms with Crippen molar-refractivity contribution in [1.82, 2.24) is 4.90 Å². The number of hydrogen-bond donors (Lipinski definition) is 1. The van der Waals surface area contributed by atoms with Crippen LogP contribution >= 0.6 is 0 Å². The lowest BCUT2D eigenvalue weighted by molar-refractivity contribution is -0.130. The third-order valence-electron chi connectivity index (χ3n) is 5.05. The highest BCUT2D eigenvalue weighted by Gasteiger charge is 2.43.